The number of unbranched alkanes of at least 4 members (excludes halogenated alkanes) is 2. The van der Waals surface area contributed by atoms with Gasteiger partial charge < -0.3 is 73.9 Å². The lowest BCUT2D eigenvalue weighted by molar-refractivity contribution is -0.142. The highest BCUT2D eigenvalue weighted by molar-refractivity contribution is 8.76. The zero-order chi connectivity index (χ0) is 58.5. The molecule has 0 aromatic heterocycles. The molecule has 442 valence electrons. The third-order valence-electron chi connectivity index (χ3n) is 13.0. The number of rotatable bonds is 38. The number of nitrogens with one attached hydrogen (secondary N) is 9. The molecule has 2 aliphatic rings. The third-order valence-corrected chi connectivity index (χ3v) is 15.4. The van der Waals surface area contributed by atoms with Crippen LogP contribution in [0.15, 0.2) is 24.6 Å². The van der Waals surface area contributed by atoms with E-state index in [0.29, 0.717) is 102 Å². The Morgan fingerprint density at radius 2 is 1.05 bits per heavy atom. The van der Waals surface area contributed by atoms with Crippen LogP contribution in [0.3, 0.4) is 0 Å². The Morgan fingerprint density at radius 1 is 0.564 bits per heavy atom. The van der Waals surface area contributed by atoms with Crippen molar-refractivity contribution in [2.75, 3.05) is 64.0 Å². The fraction of sp³-hybridized carbons (Fsp3) is 0.731. The summed E-state index contributed by atoms with van der Waals surface area (Å²) in [5.41, 5.74) is 12.1. The fourth-order valence-corrected chi connectivity index (χ4v) is 11.3. The number of carbonyl (C=O) groups excluding carboxylic acids is 10. The summed E-state index contributed by atoms with van der Waals surface area (Å²) in [6, 6.07) is -7.08. The molecular formula is C52H91N13O11S2. The monoisotopic (exact) mass is 1140 g/mol. The Morgan fingerprint density at radius 3 is 1.54 bits per heavy atom. The van der Waals surface area contributed by atoms with Crippen LogP contribution in [-0.2, 0) is 52.7 Å². The van der Waals surface area contributed by atoms with Gasteiger partial charge in [-0.3, -0.25) is 47.9 Å². The molecule has 0 bridgehead atoms. The topological polar surface area (TPSA) is 347 Å². The normalized spacial score (nSPS) is 17.4. The number of ether oxygens (including phenoxy) is 1. The lowest BCUT2D eigenvalue weighted by Gasteiger charge is -2.34. The molecule has 0 saturated carbocycles. The summed E-state index contributed by atoms with van der Waals surface area (Å²) in [5.74, 6) is -4.72. The van der Waals surface area contributed by atoms with Crippen molar-refractivity contribution in [3.8, 4) is 0 Å². The van der Waals surface area contributed by atoms with Gasteiger partial charge in [-0.25, -0.2) is 0 Å². The molecule has 10 amide bonds. The van der Waals surface area contributed by atoms with Gasteiger partial charge in [-0.15, -0.1) is 0 Å². The Balaban J connectivity index is 2.28. The summed E-state index contributed by atoms with van der Waals surface area (Å²) >= 11 is 0. The molecule has 2 saturated heterocycles. The van der Waals surface area contributed by atoms with Crippen LogP contribution in [0.5, 0.6) is 0 Å². The maximum Gasteiger partial charge on any atom is 0.245 e. The number of primary amides is 1. The molecule has 0 aliphatic carbocycles. The summed E-state index contributed by atoms with van der Waals surface area (Å²) < 4.78 is 5.37. The van der Waals surface area contributed by atoms with E-state index in [1.54, 1.807) is 20.8 Å². The lowest BCUT2D eigenvalue weighted by Crippen LogP contribution is -2.58. The van der Waals surface area contributed by atoms with E-state index >= 15 is 0 Å². The van der Waals surface area contributed by atoms with Crippen molar-refractivity contribution >= 4 is 80.7 Å². The number of carbonyl (C=O) groups is 10. The van der Waals surface area contributed by atoms with E-state index in [0.717, 1.165) is 0 Å². The van der Waals surface area contributed by atoms with Crippen molar-refractivity contribution in [2.24, 2.45) is 23.3 Å². The molecule has 24 nitrogen and oxygen atoms in total. The van der Waals surface area contributed by atoms with E-state index in [4.69, 9.17) is 16.2 Å². The second-order valence-corrected chi connectivity index (χ2v) is 23.0. The molecule has 2 rings (SSSR count). The molecule has 26 heteroatoms. The first-order chi connectivity index (χ1) is 36.9. The number of nitrogens with zero attached hydrogens (tertiary/aromatic N) is 2. The van der Waals surface area contributed by atoms with Gasteiger partial charge in [0.1, 0.15) is 42.3 Å². The minimum atomic E-state index is -1.13. The van der Waals surface area contributed by atoms with Gasteiger partial charge in [0.25, 0.3) is 0 Å². The molecule has 0 aromatic rings. The Hall–Kier alpha value is -5.60. The van der Waals surface area contributed by atoms with Crippen LogP contribution >= 0.6 is 21.6 Å². The van der Waals surface area contributed by atoms with Crippen molar-refractivity contribution in [1.82, 2.24) is 57.7 Å². The van der Waals surface area contributed by atoms with E-state index < -0.39 is 83.8 Å². The molecular weight excluding hydrogens is 1050 g/mol. The third kappa shape index (κ3) is 25.0. The van der Waals surface area contributed by atoms with E-state index in [1.165, 1.54) is 47.3 Å². The van der Waals surface area contributed by atoms with Crippen LogP contribution < -0.4 is 59.3 Å². The molecule has 8 atom stereocenters. The highest BCUT2D eigenvalue weighted by Gasteiger charge is 2.40. The highest BCUT2D eigenvalue weighted by Crippen LogP contribution is 2.28. The molecule has 2 fully saturated rings. The summed E-state index contributed by atoms with van der Waals surface area (Å²) in [7, 11) is 2.47. The zero-order valence-corrected chi connectivity index (χ0v) is 48.8. The largest absolute Gasteiger partial charge is 0.378 e. The quantitative estimate of drug-likeness (QED) is 0.0281. The lowest BCUT2D eigenvalue weighted by atomic mass is 10.0. The first kappa shape index (κ1) is 68.5. The second-order valence-electron chi connectivity index (χ2n) is 20.5. The minimum Gasteiger partial charge on any atom is -0.378 e. The molecule has 2 heterocycles. The highest BCUT2D eigenvalue weighted by atomic mass is 33.1. The number of amides is 10. The summed E-state index contributed by atoms with van der Waals surface area (Å²) in [5, 5.41) is 25.7. The average molecular weight is 1140 g/mol. The Bertz CT molecular complexity index is 2050. The summed E-state index contributed by atoms with van der Waals surface area (Å²) in [6.45, 7) is 24.0. The van der Waals surface area contributed by atoms with E-state index in [1.807, 2.05) is 18.7 Å². The fourth-order valence-electron chi connectivity index (χ4n) is 8.97. The maximum absolute atomic E-state index is 14.3. The number of allylic oxidation sites excluding steroid dienone is 1. The van der Waals surface area contributed by atoms with Crippen LogP contribution in [0.2, 0.25) is 0 Å². The minimum absolute atomic E-state index is 0.0219. The Labute approximate surface area is 468 Å². The van der Waals surface area contributed by atoms with Gasteiger partial charge in [0.05, 0.1) is 19.3 Å². The van der Waals surface area contributed by atoms with Crippen molar-refractivity contribution in [3.05, 3.63) is 24.6 Å². The number of hydrogen-bond acceptors (Lipinski definition) is 16. The smallest absolute Gasteiger partial charge is 0.245 e. The van der Waals surface area contributed by atoms with Gasteiger partial charge in [0, 0.05) is 82.9 Å². The molecule has 13 N–H and O–H groups in total. The molecule has 0 radical (unpaired) electrons. The number of likely N-dealkylation sites (tertiary alicyclic amines) is 2. The summed E-state index contributed by atoms with van der Waals surface area (Å²) in [6.07, 6.45) is 4.66. The zero-order valence-electron chi connectivity index (χ0n) is 47.2. The molecule has 8 unspecified atom stereocenters. The SMILES string of the molecule is C=C(C)NC(CSSCC(NC(C)=O)C(=O)NC(CCCCNC(C)=O)C(=O)N1CCCC1C(=O)NC(C(N)=O)C(C)C)C(=O)NC(CCCCNC(C)=O)C(=C)N1CCCC1C(=O)NC(C(=O)NCCOCCN)C(C)C. The van der Waals surface area contributed by atoms with Crippen LogP contribution in [-0.4, -0.2) is 181 Å². The van der Waals surface area contributed by atoms with Crippen molar-refractivity contribution in [2.45, 2.75) is 168 Å². The molecule has 0 aromatic carbocycles. The molecule has 2 aliphatic heterocycles. The standard InChI is InChI=1S/C52H91N13O11S2/c1-31(2)44(46(54)69)62-50(73)43-20-16-26-65(43)52(75)39(18-12-14-23-56-36(9)67)61-48(71)41(59-37(10)68)30-78-77-29-40(58-33(5)6)47(70)60-38(17-11-13-22-55-35(8)66)34(7)64-25-15-19-42(64)49(72)63-45(32(3)4)51(74)57-24-28-76-27-21-53/h31-32,38-45,58H,5,7,11-30,53H2,1-4,6,8-10H3,(H2,54,69)(H,55,66)(H,56,67)(H,57,74)(H,59,68)(H,60,70)(H,61,71)(H,62,73)(H,63,72). The van der Waals surface area contributed by atoms with Gasteiger partial charge >= 0.3 is 0 Å². The first-order valence-electron chi connectivity index (χ1n) is 27.1. The first-order valence-corrected chi connectivity index (χ1v) is 29.6. The molecule has 0 spiro atoms. The van der Waals surface area contributed by atoms with Crippen molar-refractivity contribution < 1.29 is 52.7 Å². The van der Waals surface area contributed by atoms with Crippen LogP contribution in [0.1, 0.15) is 120 Å². The van der Waals surface area contributed by atoms with Gasteiger partial charge in [-0.05, 0) is 83.0 Å². The second kappa shape index (κ2) is 36.5. The van der Waals surface area contributed by atoms with Crippen LogP contribution in [0, 0.1) is 11.8 Å². The number of nitrogens with two attached hydrogens (primary N) is 2. The predicted octanol–water partition coefficient (Wildman–Crippen LogP) is -0.226. The number of hydrogen-bond donors (Lipinski definition) is 11. The van der Waals surface area contributed by atoms with Crippen molar-refractivity contribution in [3.63, 3.8) is 0 Å². The van der Waals surface area contributed by atoms with Crippen molar-refractivity contribution in [1.29, 1.82) is 0 Å². The summed E-state index contributed by atoms with van der Waals surface area (Å²) in [4.78, 5) is 134. The van der Waals surface area contributed by atoms with Gasteiger partial charge in [-0.2, -0.15) is 0 Å². The van der Waals surface area contributed by atoms with Crippen LogP contribution in [0.25, 0.3) is 0 Å². The van der Waals surface area contributed by atoms with E-state index in [2.05, 4.69) is 61.0 Å². The molecule has 78 heavy (non-hydrogen) atoms. The van der Waals surface area contributed by atoms with Gasteiger partial charge in [0.2, 0.25) is 59.1 Å². The van der Waals surface area contributed by atoms with E-state index in [-0.39, 0.29) is 73.1 Å². The average Bonchev–Trinajstić information content (AvgIpc) is 4.07. The Kier molecular flexibility index (Phi) is 32.1. The van der Waals surface area contributed by atoms with Gasteiger partial charge in [0.15, 0.2) is 0 Å². The van der Waals surface area contributed by atoms with Gasteiger partial charge in [-0.1, -0.05) is 62.4 Å². The maximum atomic E-state index is 14.3. The predicted molar refractivity (Wildman–Crippen MR) is 302 cm³/mol. The van der Waals surface area contributed by atoms with E-state index in [9.17, 15) is 47.9 Å². The van der Waals surface area contributed by atoms with Crippen LogP contribution in [0.4, 0.5) is 0 Å².